The van der Waals surface area contributed by atoms with Gasteiger partial charge in [-0.05, 0) is 39.7 Å². The van der Waals surface area contributed by atoms with E-state index >= 15 is 0 Å². The molecule has 0 fully saturated rings. The molecule has 1 aromatic heterocycles. The van der Waals surface area contributed by atoms with E-state index in [2.05, 4.69) is 20.9 Å². The lowest BCUT2D eigenvalue weighted by atomic mass is 10.1. The van der Waals surface area contributed by atoms with Crippen LogP contribution in [0.2, 0.25) is 0 Å². The molecule has 1 aliphatic rings. The van der Waals surface area contributed by atoms with Gasteiger partial charge in [0.15, 0.2) is 0 Å². The molecule has 0 aliphatic carbocycles. The van der Waals surface area contributed by atoms with Crippen LogP contribution in [0.15, 0.2) is 53.3 Å². The zero-order chi connectivity index (χ0) is 16.0. The van der Waals surface area contributed by atoms with Gasteiger partial charge in [0.1, 0.15) is 10.4 Å². The van der Waals surface area contributed by atoms with E-state index in [9.17, 15) is 4.79 Å². The van der Waals surface area contributed by atoms with Crippen molar-refractivity contribution in [1.29, 1.82) is 0 Å². The van der Waals surface area contributed by atoms with Crippen molar-refractivity contribution in [3.8, 4) is 5.75 Å². The third kappa shape index (κ3) is 2.19. The molecule has 5 heteroatoms. The van der Waals surface area contributed by atoms with Gasteiger partial charge in [0.25, 0.3) is 5.91 Å². The third-order valence-corrected chi connectivity index (χ3v) is 4.74. The molecule has 0 spiro atoms. The molecule has 0 bridgehead atoms. The second-order valence-electron chi connectivity index (χ2n) is 5.40. The van der Waals surface area contributed by atoms with Crippen LogP contribution < -0.4 is 9.64 Å². The van der Waals surface area contributed by atoms with Crippen LogP contribution in [0.4, 0.5) is 5.69 Å². The molecule has 0 unspecified atom stereocenters. The number of aromatic nitrogens is 1. The van der Waals surface area contributed by atoms with Crippen LogP contribution in [0.5, 0.6) is 5.75 Å². The van der Waals surface area contributed by atoms with E-state index in [4.69, 9.17) is 4.74 Å². The van der Waals surface area contributed by atoms with Gasteiger partial charge >= 0.3 is 0 Å². The lowest BCUT2D eigenvalue weighted by molar-refractivity contribution is 0.0991. The van der Waals surface area contributed by atoms with Gasteiger partial charge in [0.05, 0.1) is 25.5 Å². The van der Waals surface area contributed by atoms with Gasteiger partial charge in [0, 0.05) is 16.3 Å². The average molecular weight is 369 g/mol. The van der Waals surface area contributed by atoms with E-state index in [-0.39, 0.29) is 5.91 Å². The summed E-state index contributed by atoms with van der Waals surface area (Å²) in [5, 5.41) is 1.93. The summed E-state index contributed by atoms with van der Waals surface area (Å²) in [6.07, 6.45) is 1.75. The highest BCUT2D eigenvalue weighted by Gasteiger charge is 2.30. The largest absolute Gasteiger partial charge is 0.497 e. The summed E-state index contributed by atoms with van der Waals surface area (Å²) in [6, 6.07) is 13.5. The fourth-order valence-corrected chi connectivity index (χ4v) is 3.39. The monoisotopic (exact) mass is 368 g/mol. The fourth-order valence-electron chi connectivity index (χ4n) is 2.96. The van der Waals surface area contributed by atoms with Crippen LogP contribution in [-0.2, 0) is 6.54 Å². The maximum absolute atomic E-state index is 12.8. The Labute approximate surface area is 141 Å². The molecule has 4 rings (SSSR count). The van der Waals surface area contributed by atoms with Crippen molar-refractivity contribution in [1.82, 2.24) is 4.98 Å². The molecule has 0 saturated carbocycles. The molecule has 0 saturated heterocycles. The van der Waals surface area contributed by atoms with E-state index in [1.807, 2.05) is 42.5 Å². The molecule has 0 radical (unpaired) electrons. The summed E-state index contributed by atoms with van der Waals surface area (Å²) in [7, 11) is 1.64. The number of hydrogen-bond acceptors (Lipinski definition) is 3. The summed E-state index contributed by atoms with van der Waals surface area (Å²) in [5.41, 5.74) is 2.64. The number of methoxy groups -OCH3 is 1. The number of carbonyl (C=O) groups excluding carboxylic acids is 1. The van der Waals surface area contributed by atoms with E-state index in [0.717, 1.165) is 37.9 Å². The van der Waals surface area contributed by atoms with Gasteiger partial charge in [-0.15, -0.1) is 0 Å². The first kappa shape index (κ1) is 14.2. The minimum atomic E-state index is 0.0151. The standard InChI is InChI=1S/C18H13BrN2O2/c1-23-12-7-5-11(6-8-12)10-21-15-9-20-17(19)13-3-2-4-14(16(13)15)18(21)22/h2-9H,10H2,1H3. The highest BCUT2D eigenvalue weighted by molar-refractivity contribution is 9.10. The number of carbonyl (C=O) groups is 1. The van der Waals surface area contributed by atoms with Gasteiger partial charge in [0.2, 0.25) is 0 Å². The van der Waals surface area contributed by atoms with Gasteiger partial charge in [-0.2, -0.15) is 0 Å². The SMILES string of the molecule is COc1ccc(CN2C(=O)c3cccc4c(Br)ncc2c34)cc1. The molecule has 0 atom stereocenters. The molecule has 23 heavy (non-hydrogen) atoms. The van der Waals surface area contributed by atoms with Crippen LogP contribution in [0.3, 0.4) is 0 Å². The molecule has 2 heterocycles. The van der Waals surface area contributed by atoms with Crippen molar-refractivity contribution < 1.29 is 9.53 Å². The Kier molecular flexibility index (Phi) is 3.31. The van der Waals surface area contributed by atoms with Crippen molar-refractivity contribution in [3.05, 3.63) is 64.4 Å². The van der Waals surface area contributed by atoms with E-state index in [1.54, 1.807) is 18.2 Å². The number of pyridine rings is 1. The van der Waals surface area contributed by atoms with Crippen molar-refractivity contribution >= 4 is 38.3 Å². The first-order chi connectivity index (χ1) is 11.2. The van der Waals surface area contributed by atoms with Gasteiger partial charge < -0.3 is 9.64 Å². The van der Waals surface area contributed by atoms with Crippen LogP contribution in [0.25, 0.3) is 10.8 Å². The van der Waals surface area contributed by atoms with E-state index in [0.29, 0.717) is 6.54 Å². The molecule has 4 nitrogen and oxygen atoms in total. The molecular weight excluding hydrogens is 356 g/mol. The van der Waals surface area contributed by atoms with Gasteiger partial charge in [-0.3, -0.25) is 4.79 Å². The zero-order valence-electron chi connectivity index (χ0n) is 12.4. The highest BCUT2D eigenvalue weighted by atomic mass is 79.9. The van der Waals surface area contributed by atoms with Crippen LogP contribution >= 0.6 is 15.9 Å². The van der Waals surface area contributed by atoms with Crippen LogP contribution in [-0.4, -0.2) is 18.0 Å². The first-order valence-corrected chi connectivity index (χ1v) is 8.00. The number of benzene rings is 2. The smallest absolute Gasteiger partial charge is 0.259 e. The number of halogens is 1. The third-order valence-electron chi connectivity index (χ3n) is 4.11. The lowest BCUT2D eigenvalue weighted by Gasteiger charge is -2.17. The topological polar surface area (TPSA) is 42.4 Å². The Bertz CT molecular complexity index is 922. The molecule has 2 aromatic carbocycles. The van der Waals surface area contributed by atoms with Crippen molar-refractivity contribution in [3.63, 3.8) is 0 Å². The van der Waals surface area contributed by atoms with Gasteiger partial charge in [-0.25, -0.2) is 4.98 Å². The second-order valence-corrected chi connectivity index (χ2v) is 6.15. The van der Waals surface area contributed by atoms with Gasteiger partial charge in [-0.1, -0.05) is 24.3 Å². The summed E-state index contributed by atoms with van der Waals surface area (Å²) in [6.45, 7) is 0.510. The Hall–Kier alpha value is -2.40. The second kappa shape index (κ2) is 5.35. The highest BCUT2D eigenvalue weighted by Crippen LogP contribution is 2.39. The summed E-state index contributed by atoms with van der Waals surface area (Å²) >= 11 is 3.46. The molecular formula is C18H13BrN2O2. The predicted molar refractivity (Wildman–Crippen MR) is 93.0 cm³/mol. The number of rotatable bonds is 3. The lowest BCUT2D eigenvalue weighted by Crippen LogP contribution is -2.26. The minimum absolute atomic E-state index is 0.0151. The number of hydrogen-bond donors (Lipinski definition) is 0. The van der Waals surface area contributed by atoms with Crippen molar-refractivity contribution in [2.45, 2.75) is 6.54 Å². The summed E-state index contributed by atoms with van der Waals surface area (Å²) in [4.78, 5) is 18.9. The zero-order valence-corrected chi connectivity index (χ0v) is 14.0. The van der Waals surface area contributed by atoms with Crippen molar-refractivity contribution in [2.24, 2.45) is 0 Å². The Morgan fingerprint density at radius 2 is 1.96 bits per heavy atom. The molecule has 114 valence electrons. The number of ether oxygens (including phenoxy) is 1. The summed E-state index contributed by atoms with van der Waals surface area (Å²) < 4.78 is 5.94. The Balaban J connectivity index is 1.77. The summed E-state index contributed by atoms with van der Waals surface area (Å²) in [5.74, 6) is 0.818. The molecule has 1 aliphatic heterocycles. The number of amides is 1. The average Bonchev–Trinajstić information content (AvgIpc) is 2.86. The Morgan fingerprint density at radius 1 is 1.17 bits per heavy atom. The molecule has 1 amide bonds. The Morgan fingerprint density at radius 3 is 2.70 bits per heavy atom. The van der Waals surface area contributed by atoms with Crippen LogP contribution in [0, 0.1) is 0 Å². The fraction of sp³-hybridized carbons (Fsp3) is 0.111. The van der Waals surface area contributed by atoms with Crippen LogP contribution in [0.1, 0.15) is 15.9 Å². The predicted octanol–water partition coefficient (Wildman–Crippen LogP) is 4.17. The molecule has 0 N–H and O–H groups in total. The quantitative estimate of drug-likeness (QED) is 0.651. The maximum Gasteiger partial charge on any atom is 0.259 e. The molecule has 3 aromatic rings. The minimum Gasteiger partial charge on any atom is -0.497 e. The number of anilines is 1. The normalized spacial score (nSPS) is 13.0. The van der Waals surface area contributed by atoms with E-state index < -0.39 is 0 Å². The maximum atomic E-state index is 12.8. The first-order valence-electron chi connectivity index (χ1n) is 7.21. The van der Waals surface area contributed by atoms with E-state index in [1.165, 1.54) is 0 Å². The van der Waals surface area contributed by atoms with Crippen molar-refractivity contribution in [2.75, 3.05) is 12.0 Å². The number of nitrogens with zero attached hydrogens (tertiary/aromatic N) is 2.